The molecule has 20 heavy (non-hydrogen) atoms. The van der Waals surface area contributed by atoms with E-state index in [1.807, 2.05) is 0 Å². The number of nitrogens with zero attached hydrogens (tertiary/aromatic N) is 2. The number of nitrogens with one attached hydrogen (secondary N) is 1. The van der Waals surface area contributed by atoms with Gasteiger partial charge in [0.25, 0.3) is 0 Å². The molecular formula is C12H18N4O3S. The zero-order valence-corrected chi connectivity index (χ0v) is 11.8. The Morgan fingerprint density at radius 2 is 2.20 bits per heavy atom. The summed E-state index contributed by atoms with van der Waals surface area (Å²) in [5.41, 5.74) is 2.72. The van der Waals surface area contributed by atoms with Crippen LogP contribution in [0.15, 0.2) is 23.4 Å². The van der Waals surface area contributed by atoms with Gasteiger partial charge in [-0.1, -0.05) is 0 Å². The fourth-order valence-electron chi connectivity index (χ4n) is 3.24. The standard InChI is InChI=1S/C12H18N4O3S/c13-15-10-3-4-14-5-12(10)20(18,19)16-6-8-1-2-11(17)9(8)7-16/h3-5,8-9,11,17H,1-2,6-7,13H2,(H,14,15). The average Bonchev–Trinajstić information content (AvgIpc) is 3.02. The van der Waals surface area contributed by atoms with Crippen molar-refractivity contribution in [2.75, 3.05) is 18.5 Å². The second-order valence-electron chi connectivity index (χ2n) is 5.41. The summed E-state index contributed by atoms with van der Waals surface area (Å²) in [5.74, 6) is 5.67. The predicted molar refractivity (Wildman–Crippen MR) is 73.0 cm³/mol. The van der Waals surface area contributed by atoms with Crippen molar-refractivity contribution >= 4 is 15.7 Å². The molecular weight excluding hydrogens is 280 g/mol. The molecule has 8 heteroatoms. The third-order valence-corrected chi connectivity index (χ3v) is 6.20. The highest BCUT2D eigenvalue weighted by molar-refractivity contribution is 7.89. The number of anilines is 1. The van der Waals surface area contributed by atoms with Gasteiger partial charge in [-0.05, 0) is 24.8 Å². The van der Waals surface area contributed by atoms with Crippen LogP contribution in [0, 0.1) is 11.8 Å². The first kappa shape index (κ1) is 13.7. The normalized spacial score (nSPS) is 30.4. The number of hydrazine groups is 1. The van der Waals surface area contributed by atoms with Crippen molar-refractivity contribution in [2.45, 2.75) is 23.8 Å². The van der Waals surface area contributed by atoms with E-state index in [1.165, 1.54) is 22.8 Å². The molecule has 110 valence electrons. The third kappa shape index (κ3) is 2.08. The minimum Gasteiger partial charge on any atom is -0.393 e. The Labute approximate surface area is 117 Å². The number of aromatic nitrogens is 1. The molecule has 0 bridgehead atoms. The molecule has 3 rings (SSSR count). The highest BCUT2D eigenvalue weighted by atomic mass is 32.2. The summed E-state index contributed by atoms with van der Waals surface area (Å²) in [4.78, 5) is 3.95. The zero-order valence-electron chi connectivity index (χ0n) is 10.9. The van der Waals surface area contributed by atoms with Gasteiger partial charge in [-0.25, -0.2) is 8.42 Å². The fraction of sp³-hybridized carbons (Fsp3) is 0.583. The van der Waals surface area contributed by atoms with Gasteiger partial charge in [0.2, 0.25) is 10.0 Å². The quantitative estimate of drug-likeness (QED) is 0.525. The molecule has 1 saturated carbocycles. The number of hydrogen-bond acceptors (Lipinski definition) is 6. The summed E-state index contributed by atoms with van der Waals surface area (Å²) in [7, 11) is -3.63. The smallest absolute Gasteiger partial charge is 0.246 e. The Kier molecular flexibility index (Phi) is 3.41. The predicted octanol–water partition coefficient (Wildman–Crippen LogP) is -0.241. The third-order valence-electron chi connectivity index (χ3n) is 4.34. The Morgan fingerprint density at radius 1 is 1.40 bits per heavy atom. The number of rotatable bonds is 3. The highest BCUT2D eigenvalue weighted by Crippen LogP contribution is 2.40. The van der Waals surface area contributed by atoms with E-state index in [4.69, 9.17) is 5.84 Å². The molecule has 2 aliphatic rings. The van der Waals surface area contributed by atoms with Crippen molar-refractivity contribution in [2.24, 2.45) is 17.7 Å². The number of aliphatic hydroxyl groups excluding tert-OH is 1. The molecule has 0 amide bonds. The van der Waals surface area contributed by atoms with Crippen molar-refractivity contribution in [1.82, 2.24) is 9.29 Å². The first-order valence-corrected chi connectivity index (χ1v) is 8.07. The van der Waals surface area contributed by atoms with E-state index < -0.39 is 10.0 Å². The number of nitrogens with two attached hydrogens (primary N) is 1. The number of pyridine rings is 1. The average molecular weight is 298 g/mol. The van der Waals surface area contributed by atoms with Gasteiger partial charge in [-0.2, -0.15) is 4.31 Å². The SMILES string of the molecule is NNc1ccncc1S(=O)(=O)N1CC2CCC(O)C2C1. The van der Waals surface area contributed by atoms with Crippen LogP contribution in [0.4, 0.5) is 5.69 Å². The van der Waals surface area contributed by atoms with Gasteiger partial charge < -0.3 is 10.5 Å². The fourth-order valence-corrected chi connectivity index (χ4v) is 4.87. The minimum atomic E-state index is -3.63. The zero-order chi connectivity index (χ0) is 14.3. The summed E-state index contributed by atoms with van der Waals surface area (Å²) >= 11 is 0. The molecule has 0 aromatic carbocycles. The largest absolute Gasteiger partial charge is 0.393 e. The van der Waals surface area contributed by atoms with E-state index in [9.17, 15) is 13.5 Å². The van der Waals surface area contributed by atoms with Crippen molar-refractivity contribution in [3.63, 3.8) is 0 Å². The van der Waals surface area contributed by atoms with Crippen molar-refractivity contribution in [3.05, 3.63) is 18.5 Å². The van der Waals surface area contributed by atoms with Gasteiger partial charge in [0.15, 0.2) is 0 Å². The molecule has 7 nitrogen and oxygen atoms in total. The van der Waals surface area contributed by atoms with Crippen molar-refractivity contribution in [3.8, 4) is 0 Å². The van der Waals surface area contributed by atoms with Gasteiger partial charge >= 0.3 is 0 Å². The van der Waals surface area contributed by atoms with E-state index in [0.29, 0.717) is 18.8 Å². The second kappa shape index (κ2) is 4.96. The van der Waals surface area contributed by atoms with Crippen LogP contribution in [-0.2, 0) is 10.0 Å². The maximum Gasteiger partial charge on any atom is 0.246 e. The Balaban J connectivity index is 1.90. The van der Waals surface area contributed by atoms with Crippen LogP contribution in [0.2, 0.25) is 0 Å². The van der Waals surface area contributed by atoms with Crippen LogP contribution in [0.5, 0.6) is 0 Å². The molecule has 1 aromatic rings. The number of aliphatic hydroxyl groups is 1. The van der Waals surface area contributed by atoms with Crippen LogP contribution in [0.25, 0.3) is 0 Å². The summed E-state index contributed by atoms with van der Waals surface area (Å²) in [6.07, 6.45) is 4.05. The molecule has 1 aliphatic carbocycles. The van der Waals surface area contributed by atoms with E-state index in [0.717, 1.165) is 12.8 Å². The molecule has 0 radical (unpaired) electrons. The van der Waals surface area contributed by atoms with Crippen LogP contribution in [0.3, 0.4) is 0 Å². The number of nitrogen functional groups attached to an aromatic ring is 1. The van der Waals surface area contributed by atoms with E-state index in [2.05, 4.69) is 10.4 Å². The molecule has 3 unspecified atom stereocenters. The summed E-state index contributed by atoms with van der Waals surface area (Å²) in [6, 6.07) is 1.53. The molecule has 2 heterocycles. The first-order valence-electron chi connectivity index (χ1n) is 6.63. The van der Waals surface area contributed by atoms with Crippen LogP contribution >= 0.6 is 0 Å². The summed E-state index contributed by atoms with van der Waals surface area (Å²) in [6.45, 7) is 0.829. The van der Waals surface area contributed by atoms with Gasteiger partial charge in [0, 0.05) is 31.4 Å². The molecule has 1 saturated heterocycles. The molecule has 3 atom stereocenters. The Bertz CT molecular complexity index is 606. The molecule has 2 fully saturated rings. The van der Waals surface area contributed by atoms with Crippen molar-refractivity contribution < 1.29 is 13.5 Å². The highest BCUT2D eigenvalue weighted by Gasteiger charge is 2.46. The summed E-state index contributed by atoms with van der Waals surface area (Å²) in [5, 5.41) is 9.89. The van der Waals surface area contributed by atoms with Crippen LogP contribution in [-0.4, -0.2) is 42.0 Å². The van der Waals surface area contributed by atoms with Gasteiger partial charge in [0.1, 0.15) is 4.90 Å². The van der Waals surface area contributed by atoms with Crippen molar-refractivity contribution in [1.29, 1.82) is 0 Å². The maximum absolute atomic E-state index is 12.7. The molecule has 4 N–H and O–H groups in total. The first-order chi connectivity index (χ1) is 9.54. The van der Waals surface area contributed by atoms with Crippen LogP contribution < -0.4 is 11.3 Å². The number of hydrogen-bond donors (Lipinski definition) is 3. The second-order valence-corrected chi connectivity index (χ2v) is 7.31. The van der Waals surface area contributed by atoms with Gasteiger partial charge in [-0.3, -0.25) is 10.8 Å². The maximum atomic E-state index is 12.7. The lowest BCUT2D eigenvalue weighted by Gasteiger charge is -2.19. The van der Waals surface area contributed by atoms with E-state index in [1.54, 1.807) is 0 Å². The molecule has 0 spiro atoms. The molecule has 1 aromatic heterocycles. The van der Waals surface area contributed by atoms with Gasteiger partial charge in [0.05, 0.1) is 11.8 Å². The van der Waals surface area contributed by atoms with E-state index in [-0.39, 0.29) is 22.8 Å². The minimum absolute atomic E-state index is 0.0516. The summed E-state index contributed by atoms with van der Waals surface area (Å²) < 4.78 is 26.8. The lowest BCUT2D eigenvalue weighted by Crippen LogP contribution is -2.32. The Morgan fingerprint density at radius 3 is 2.90 bits per heavy atom. The van der Waals surface area contributed by atoms with Gasteiger partial charge in [-0.15, -0.1) is 0 Å². The molecule has 1 aliphatic heterocycles. The monoisotopic (exact) mass is 298 g/mol. The topological polar surface area (TPSA) is 109 Å². The van der Waals surface area contributed by atoms with E-state index >= 15 is 0 Å². The lowest BCUT2D eigenvalue weighted by atomic mass is 10.00. The number of fused-ring (bicyclic) bond motifs is 1. The Hall–Kier alpha value is -1.22. The van der Waals surface area contributed by atoms with Crippen LogP contribution in [0.1, 0.15) is 12.8 Å². The lowest BCUT2D eigenvalue weighted by molar-refractivity contribution is 0.129. The number of sulfonamides is 1.